The fourth-order valence-electron chi connectivity index (χ4n) is 3.73. The van der Waals surface area contributed by atoms with Crippen LogP contribution in [0.4, 0.5) is 5.69 Å². The quantitative estimate of drug-likeness (QED) is 0.541. The fraction of sp³-hybridized carbons (Fsp3) is 0.154. The van der Waals surface area contributed by atoms with E-state index in [-0.39, 0.29) is 0 Å². The van der Waals surface area contributed by atoms with Gasteiger partial charge >= 0.3 is 0 Å². The second-order valence-electron chi connectivity index (χ2n) is 7.22. The standard InChI is InChI=1S/C26H23N3/c27-14-1-2-20-5-10-26-23(6-7-24(26)19-20)13-17-29-25-8-3-21(4-9-25)18-22-11-15-28-16-12-22/h1-6,8-12,15-16,19,29H,7,13,17-18H2. The summed E-state index contributed by atoms with van der Waals surface area (Å²) in [7, 11) is 0. The second kappa shape index (κ2) is 9.03. The lowest BCUT2D eigenvalue weighted by Gasteiger charge is -2.10. The van der Waals surface area contributed by atoms with Crippen molar-refractivity contribution < 1.29 is 0 Å². The van der Waals surface area contributed by atoms with Crippen molar-refractivity contribution in [1.82, 2.24) is 4.98 Å². The Morgan fingerprint density at radius 2 is 1.79 bits per heavy atom. The third-order valence-electron chi connectivity index (χ3n) is 5.23. The van der Waals surface area contributed by atoms with E-state index in [4.69, 9.17) is 5.26 Å². The van der Waals surface area contributed by atoms with E-state index in [0.717, 1.165) is 37.1 Å². The van der Waals surface area contributed by atoms with E-state index in [1.165, 1.54) is 33.9 Å². The number of hydrogen-bond donors (Lipinski definition) is 1. The Morgan fingerprint density at radius 1 is 1.00 bits per heavy atom. The zero-order valence-corrected chi connectivity index (χ0v) is 16.3. The van der Waals surface area contributed by atoms with E-state index in [2.05, 4.69) is 71.0 Å². The van der Waals surface area contributed by atoms with Crippen molar-refractivity contribution in [3.63, 3.8) is 0 Å². The van der Waals surface area contributed by atoms with E-state index in [1.54, 1.807) is 0 Å². The molecule has 0 saturated carbocycles. The Labute approximate surface area is 172 Å². The third-order valence-corrected chi connectivity index (χ3v) is 5.23. The molecule has 1 aromatic heterocycles. The highest BCUT2D eigenvalue weighted by Gasteiger charge is 2.13. The van der Waals surface area contributed by atoms with Gasteiger partial charge in [-0.2, -0.15) is 5.26 Å². The van der Waals surface area contributed by atoms with Crippen molar-refractivity contribution in [2.24, 2.45) is 0 Å². The zero-order valence-electron chi connectivity index (χ0n) is 16.3. The number of allylic oxidation sites excluding steroid dienone is 2. The molecule has 0 spiro atoms. The van der Waals surface area contributed by atoms with Crippen LogP contribution in [0.5, 0.6) is 0 Å². The van der Waals surface area contributed by atoms with Gasteiger partial charge in [-0.25, -0.2) is 0 Å². The molecule has 0 unspecified atom stereocenters. The molecule has 29 heavy (non-hydrogen) atoms. The van der Waals surface area contributed by atoms with Crippen molar-refractivity contribution >= 4 is 17.3 Å². The minimum atomic E-state index is 0.908. The SMILES string of the molecule is N#CC=Cc1ccc2c(c1)CC=C2CCNc1ccc(Cc2ccncc2)cc1. The van der Waals surface area contributed by atoms with Gasteiger partial charge in [-0.1, -0.05) is 36.4 Å². The molecule has 4 rings (SSSR count). The molecule has 142 valence electrons. The summed E-state index contributed by atoms with van der Waals surface area (Å²) >= 11 is 0. The molecule has 0 atom stereocenters. The molecule has 1 heterocycles. The van der Waals surface area contributed by atoms with Crippen molar-refractivity contribution in [3.8, 4) is 6.07 Å². The molecule has 0 bridgehead atoms. The molecule has 0 saturated heterocycles. The van der Waals surface area contributed by atoms with Crippen LogP contribution in [0.1, 0.15) is 34.2 Å². The minimum absolute atomic E-state index is 0.908. The summed E-state index contributed by atoms with van der Waals surface area (Å²) in [6.07, 6.45) is 12.3. The van der Waals surface area contributed by atoms with E-state index in [0.29, 0.717) is 0 Å². The fourth-order valence-corrected chi connectivity index (χ4v) is 3.73. The smallest absolute Gasteiger partial charge is 0.0912 e. The highest BCUT2D eigenvalue weighted by atomic mass is 14.9. The number of aromatic nitrogens is 1. The van der Waals surface area contributed by atoms with Gasteiger partial charge in [0.05, 0.1) is 6.07 Å². The Balaban J connectivity index is 1.30. The first kappa shape index (κ1) is 18.7. The van der Waals surface area contributed by atoms with Crippen LogP contribution in [0.3, 0.4) is 0 Å². The molecule has 1 aliphatic rings. The third kappa shape index (κ3) is 4.80. The zero-order chi connectivity index (χ0) is 19.9. The van der Waals surface area contributed by atoms with Crippen molar-refractivity contribution in [2.75, 3.05) is 11.9 Å². The topological polar surface area (TPSA) is 48.7 Å². The highest BCUT2D eigenvalue weighted by molar-refractivity contribution is 5.75. The Kier molecular flexibility index (Phi) is 5.83. The molecule has 0 amide bonds. The predicted octanol–water partition coefficient (Wildman–Crippen LogP) is 5.65. The number of nitriles is 1. The van der Waals surface area contributed by atoms with Gasteiger partial charge in [-0.3, -0.25) is 4.98 Å². The molecule has 0 radical (unpaired) electrons. The van der Waals surface area contributed by atoms with Crippen LogP contribution in [0.25, 0.3) is 11.6 Å². The number of nitrogens with one attached hydrogen (secondary N) is 1. The normalized spacial score (nSPS) is 12.4. The molecule has 3 heteroatoms. The lowest BCUT2D eigenvalue weighted by atomic mass is 10.0. The maximum absolute atomic E-state index is 8.68. The summed E-state index contributed by atoms with van der Waals surface area (Å²) in [4.78, 5) is 4.07. The van der Waals surface area contributed by atoms with Gasteiger partial charge in [0.2, 0.25) is 0 Å². The number of anilines is 1. The van der Waals surface area contributed by atoms with Crippen molar-refractivity contribution in [3.05, 3.63) is 107 Å². The molecule has 2 aromatic carbocycles. The number of benzene rings is 2. The maximum atomic E-state index is 8.68. The number of fused-ring (bicyclic) bond motifs is 1. The monoisotopic (exact) mass is 377 g/mol. The molecule has 1 aliphatic carbocycles. The summed E-state index contributed by atoms with van der Waals surface area (Å²) in [5.41, 5.74) is 8.91. The van der Waals surface area contributed by atoms with Crippen LogP contribution in [-0.4, -0.2) is 11.5 Å². The summed E-state index contributed by atoms with van der Waals surface area (Å²) in [6, 6.07) is 21.3. The number of nitrogens with zero attached hydrogens (tertiary/aromatic N) is 2. The van der Waals surface area contributed by atoms with Gasteiger partial charge in [-0.15, -0.1) is 0 Å². The summed E-state index contributed by atoms with van der Waals surface area (Å²) in [5.74, 6) is 0. The molecule has 0 fully saturated rings. The van der Waals surface area contributed by atoms with Gasteiger partial charge in [-0.05, 0) is 83.0 Å². The summed E-state index contributed by atoms with van der Waals surface area (Å²) in [5, 5.41) is 12.2. The Bertz CT molecular complexity index is 1070. The van der Waals surface area contributed by atoms with Gasteiger partial charge in [0.15, 0.2) is 0 Å². The summed E-state index contributed by atoms with van der Waals surface area (Å²) < 4.78 is 0. The van der Waals surface area contributed by atoms with E-state index < -0.39 is 0 Å². The lowest BCUT2D eigenvalue weighted by molar-refractivity contribution is 1.08. The van der Waals surface area contributed by atoms with Gasteiger partial charge < -0.3 is 5.32 Å². The van der Waals surface area contributed by atoms with Crippen LogP contribution in [0.2, 0.25) is 0 Å². The van der Waals surface area contributed by atoms with Gasteiger partial charge in [0.1, 0.15) is 0 Å². The molecule has 1 N–H and O–H groups in total. The van der Waals surface area contributed by atoms with Crippen LogP contribution >= 0.6 is 0 Å². The van der Waals surface area contributed by atoms with Gasteiger partial charge in [0.25, 0.3) is 0 Å². The highest BCUT2D eigenvalue weighted by Crippen LogP contribution is 2.30. The van der Waals surface area contributed by atoms with Crippen LogP contribution < -0.4 is 5.32 Å². The van der Waals surface area contributed by atoms with Gasteiger partial charge in [0, 0.05) is 30.7 Å². The first-order valence-electron chi connectivity index (χ1n) is 9.92. The molecule has 0 aliphatic heterocycles. The first-order chi connectivity index (χ1) is 14.3. The summed E-state index contributed by atoms with van der Waals surface area (Å²) in [6.45, 7) is 0.908. The van der Waals surface area contributed by atoms with Crippen LogP contribution in [0, 0.1) is 11.3 Å². The molecule has 3 nitrogen and oxygen atoms in total. The number of pyridine rings is 1. The van der Waals surface area contributed by atoms with Crippen molar-refractivity contribution in [1.29, 1.82) is 5.26 Å². The average molecular weight is 377 g/mol. The van der Waals surface area contributed by atoms with E-state index in [9.17, 15) is 0 Å². The first-order valence-corrected chi connectivity index (χ1v) is 9.92. The Hall–Kier alpha value is -3.64. The second-order valence-corrected chi connectivity index (χ2v) is 7.22. The van der Waals surface area contributed by atoms with Crippen LogP contribution in [0.15, 0.2) is 79.1 Å². The Morgan fingerprint density at radius 3 is 2.59 bits per heavy atom. The molecular weight excluding hydrogens is 354 g/mol. The molecular formula is C26H23N3. The average Bonchev–Trinajstić information content (AvgIpc) is 3.16. The van der Waals surface area contributed by atoms with Crippen molar-refractivity contribution in [2.45, 2.75) is 19.3 Å². The minimum Gasteiger partial charge on any atom is -0.385 e. The maximum Gasteiger partial charge on any atom is 0.0912 e. The number of hydrogen-bond acceptors (Lipinski definition) is 3. The molecule has 3 aromatic rings. The van der Waals surface area contributed by atoms with Crippen LogP contribution in [-0.2, 0) is 12.8 Å². The lowest BCUT2D eigenvalue weighted by Crippen LogP contribution is -2.02. The van der Waals surface area contributed by atoms with E-state index in [1.807, 2.05) is 24.5 Å². The largest absolute Gasteiger partial charge is 0.385 e. The predicted molar refractivity (Wildman–Crippen MR) is 119 cm³/mol. The number of rotatable bonds is 7. The van der Waals surface area contributed by atoms with E-state index >= 15 is 0 Å².